The van der Waals surface area contributed by atoms with Crippen molar-refractivity contribution in [2.45, 2.75) is 20.3 Å². The van der Waals surface area contributed by atoms with Gasteiger partial charge in [-0.25, -0.2) is 0 Å². The molecule has 0 aliphatic carbocycles. The summed E-state index contributed by atoms with van der Waals surface area (Å²) in [6.07, 6.45) is 1.12. The number of benzene rings is 2. The highest BCUT2D eigenvalue weighted by atomic mass is 35.5. The van der Waals surface area contributed by atoms with Crippen LogP contribution in [0, 0.1) is 13.8 Å². The Balaban J connectivity index is 0.00000169. The van der Waals surface area contributed by atoms with E-state index in [2.05, 4.69) is 59.4 Å². The van der Waals surface area contributed by atoms with E-state index in [0.717, 1.165) is 26.1 Å². The van der Waals surface area contributed by atoms with Crippen LogP contribution in [0.4, 0.5) is 0 Å². The van der Waals surface area contributed by atoms with Gasteiger partial charge in [0, 0.05) is 54.5 Å². The summed E-state index contributed by atoms with van der Waals surface area (Å²) in [5.41, 5.74) is 6.74. The van der Waals surface area contributed by atoms with E-state index in [1.165, 1.54) is 51.6 Å². The summed E-state index contributed by atoms with van der Waals surface area (Å²) in [5.74, 6) is 0. The number of aryl methyl sites for hydroxylation is 2. The third kappa shape index (κ3) is 3.04. The summed E-state index contributed by atoms with van der Waals surface area (Å²) in [4.78, 5) is 6.21. The van der Waals surface area contributed by atoms with Crippen LogP contribution in [-0.4, -0.2) is 42.6 Å². The lowest BCUT2D eigenvalue weighted by Crippen LogP contribution is -2.44. The van der Waals surface area contributed by atoms with Gasteiger partial charge in [-0.1, -0.05) is 24.3 Å². The summed E-state index contributed by atoms with van der Waals surface area (Å²) in [7, 11) is 0. The van der Waals surface area contributed by atoms with E-state index in [4.69, 9.17) is 0 Å². The molecule has 0 unspecified atom stereocenters. The van der Waals surface area contributed by atoms with Crippen LogP contribution < -0.4 is 5.32 Å². The molecule has 1 aliphatic rings. The van der Waals surface area contributed by atoms with Crippen LogP contribution in [0.3, 0.4) is 0 Å². The molecule has 0 saturated carbocycles. The van der Waals surface area contributed by atoms with E-state index in [9.17, 15) is 0 Å². The van der Waals surface area contributed by atoms with Gasteiger partial charge in [0.2, 0.25) is 0 Å². The van der Waals surface area contributed by atoms with Gasteiger partial charge in [-0.15, -0.1) is 12.4 Å². The molecule has 3 aromatic rings. The number of aromatic amines is 1. The zero-order valence-electron chi connectivity index (χ0n) is 14.5. The first-order valence-corrected chi connectivity index (χ1v) is 8.66. The average molecular weight is 344 g/mol. The van der Waals surface area contributed by atoms with Crippen molar-refractivity contribution in [2.75, 3.05) is 32.7 Å². The summed E-state index contributed by atoms with van der Waals surface area (Å²) in [5, 5.41) is 6.27. The van der Waals surface area contributed by atoms with Crippen molar-refractivity contribution in [3.63, 3.8) is 0 Å². The van der Waals surface area contributed by atoms with Crippen molar-refractivity contribution in [1.29, 1.82) is 0 Å². The highest BCUT2D eigenvalue weighted by Gasteiger charge is 2.14. The molecule has 4 rings (SSSR count). The minimum Gasteiger partial charge on any atom is -0.354 e. The van der Waals surface area contributed by atoms with Crippen LogP contribution in [0.15, 0.2) is 30.3 Å². The summed E-state index contributed by atoms with van der Waals surface area (Å²) >= 11 is 0. The largest absolute Gasteiger partial charge is 0.354 e. The van der Waals surface area contributed by atoms with Gasteiger partial charge in [0.05, 0.1) is 0 Å². The van der Waals surface area contributed by atoms with Crippen molar-refractivity contribution < 1.29 is 0 Å². The molecule has 24 heavy (non-hydrogen) atoms. The second kappa shape index (κ2) is 7.14. The molecule has 4 heteroatoms. The summed E-state index contributed by atoms with van der Waals surface area (Å²) in [6.45, 7) is 10.1. The maximum atomic E-state index is 3.64. The minimum atomic E-state index is 0. The van der Waals surface area contributed by atoms with Gasteiger partial charge >= 0.3 is 0 Å². The fraction of sp³-hybridized carbons (Fsp3) is 0.400. The van der Waals surface area contributed by atoms with Crippen molar-refractivity contribution in [1.82, 2.24) is 15.2 Å². The smallest absolute Gasteiger partial charge is 0.0497 e. The number of halogens is 1. The Kier molecular flexibility index (Phi) is 5.14. The van der Waals surface area contributed by atoms with Crippen LogP contribution in [0.1, 0.15) is 16.7 Å². The second-order valence-electron chi connectivity index (χ2n) is 6.76. The first-order chi connectivity index (χ1) is 11.2. The van der Waals surface area contributed by atoms with Gasteiger partial charge in [0.1, 0.15) is 0 Å². The minimum absolute atomic E-state index is 0. The topological polar surface area (TPSA) is 31.1 Å². The fourth-order valence-electron chi connectivity index (χ4n) is 3.85. The molecule has 1 aliphatic heterocycles. The monoisotopic (exact) mass is 343 g/mol. The molecule has 1 aromatic heterocycles. The Morgan fingerprint density at radius 1 is 0.958 bits per heavy atom. The molecule has 2 heterocycles. The highest BCUT2D eigenvalue weighted by Crippen LogP contribution is 2.32. The predicted molar refractivity (Wildman–Crippen MR) is 106 cm³/mol. The van der Waals surface area contributed by atoms with Gasteiger partial charge < -0.3 is 15.2 Å². The maximum absolute atomic E-state index is 3.64. The Morgan fingerprint density at radius 2 is 1.71 bits per heavy atom. The van der Waals surface area contributed by atoms with Crippen molar-refractivity contribution >= 4 is 34.2 Å². The van der Waals surface area contributed by atoms with E-state index >= 15 is 0 Å². The molecular formula is C20H26ClN3. The third-order valence-corrected chi connectivity index (χ3v) is 5.19. The number of rotatable bonds is 3. The zero-order chi connectivity index (χ0) is 15.8. The highest BCUT2D eigenvalue weighted by molar-refractivity contribution is 6.11. The van der Waals surface area contributed by atoms with Crippen LogP contribution >= 0.6 is 12.4 Å². The Bertz CT molecular complexity index is 847. The molecule has 0 amide bonds. The summed E-state index contributed by atoms with van der Waals surface area (Å²) in [6, 6.07) is 11.2. The molecule has 1 saturated heterocycles. The SMILES string of the molecule is Cc1ccc(C)c2c1[nH]c1cccc(CCN3CCNCC3)c12.Cl. The van der Waals surface area contributed by atoms with E-state index in [1.54, 1.807) is 0 Å². The predicted octanol–water partition coefficient (Wildman–Crippen LogP) is 3.81. The van der Waals surface area contributed by atoms with Gasteiger partial charge in [0.15, 0.2) is 0 Å². The Labute approximate surface area is 149 Å². The number of aromatic nitrogens is 1. The number of hydrogen-bond acceptors (Lipinski definition) is 2. The molecule has 2 N–H and O–H groups in total. The van der Waals surface area contributed by atoms with Crippen LogP contribution in [-0.2, 0) is 6.42 Å². The fourth-order valence-corrected chi connectivity index (χ4v) is 3.85. The second-order valence-corrected chi connectivity index (χ2v) is 6.76. The zero-order valence-corrected chi connectivity index (χ0v) is 15.3. The van der Waals surface area contributed by atoms with Crippen LogP contribution in [0.2, 0.25) is 0 Å². The standard InChI is InChI=1S/C20H25N3.ClH/c1-14-6-7-15(2)20-18(14)19-16(4-3-5-17(19)22-20)8-11-23-12-9-21-10-13-23;/h3-7,21-22H,8-13H2,1-2H3;1H. The first-order valence-electron chi connectivity index (χ1n) is 8.66. The maximum Gasteiger partial charge on any atom is 0.0497 e. The Morgan fingerprint density at radius 3 is 2.50 bits per heavy atom. The Hall–Kier alpha value is -1.55. The van der Waals surface area contributed by atoms with E-state index in [1.807, 2.05) is 0 Å². The van der Waals surface area contributed by atoms with Crippen molar-refractivity contribution in [3.8, 4) is 0 Å². The molecule has 0 spiro atoms. The number of piperazine rings is 1. The first kappa shape index (κ1) is 17.3. The van der Waals surface area contributed by atoms with Gasteiger partial charge in [-0.2, -0.15) is 0 Å². The molecule has 0 radical (unpaired) electrons. The molecule has 2 aromatic carbocycles. The number of nitrogens with one attached hydrogen (secondary N) is 2. The lowest BCUT2D eigenvalue weighted by Gasteiger charge is -2.27. The average Bonchev–Trinajstić information content (AvgIpc) is 2.99. The molecule has 128 valence electrons. The molecule has 3 nitrogen and oxygen atoms in total. The number of nitrogens with zero attached hydrogens (tertiary/aromatic N) is 1. The number of fused-ring (bicyclic) bond motifs is 3. The van der Waals surface area contributed by atoms with Gasteiger partial charge in [0.25, 0.3) is 0 Å². The van der Waals surface area contributed by atoms with Crippen LogP contribution in [0.25, 0.3) is 21.8 Å². The lowest BCUT2D eigenvalue weighted by atomic mass is 9.99. The van der Waals surface area contributed by atoms with Crippen molar-refractivity contribution in [3.05, 3.63) is 47.0 Å². The number of hydrogen-bond donors (Lipinski definition) is 2. The molecule has 0 bridgehead atoms. The van der Waals surface area contributed by atoms with Gasteiger partial charge in [-0.3, -0.25) is 0 Å². The molecule has 0 atom stereocenters. The normalized spacial score (nSPS) is 15.8. The molecule has 1 fully saturated rings. The van der Waals surface area contributed by atoms with E-state index < -0.39 is 0 Å². The van der Waals surface area contributed by atoms with E-state index in [0.29, 0.717) is 0 Å². The van der Waals surface area contributed by atoms with Crippen LogP contribution in [0.5, 0.6) is 0 Å². The third-order valence-electron chi connectivity index (χ3n) is 5.19. The summed E-state index contributed by atoms with van der Waals surface area (Å²) < 4.78 is 0. The van der Waals surface area contributed by atoms with Crippen molar-refractivity contribution in [2.24, 2.45) is 0 Å². The lowest BCUT2D eigenvalue weighted by molar-refractivity contribution is 0.244. The number of H-pyrrole nitrogens is 1. The molecular weight excluding hydrogens is 318 g/mol. The van der Waals surface area contributed by atoms with E-state index in [-0.39, 0.29) is 12.4 Å². The quantitative estimate of drug-likeness (QED) is 0.757. The van der Waals surface area contributed by atoms with Gasteiger partial charge in [-0.05, 0) is 43.0 Å².